The molecular weight excluding hydrogens is 458 g/mol. The van der Waals surface area contributed by atoms with Crippen LogP contribution in [0.3, 0.4) is 0 Å². The van der Waals surface area contributed by atoms with Gasteiger partial charge in [-0.15, -0.1) is 0 Å². The number of halogens is 3. The molecule has 164 valence electrons. The molecule has 0 N–H and O–H groups in total. The molecule has 1 aliphatic rings. The molecule has 0 unspecified atom stereocenters. The SMILES string of the molecule is [C-]#[N+]C[C@H]1CN(c2nc(Cl)nc3c(F)c(Cl)ncc23)CCN1C(=O)OCc1ccccc1. The van der Waals surface area contributed by atoms with E-state index in [0.717, 1.165) is 5.56 Å². The summed E-state index contributed by atoms with van der Waals surface area (Å²) in [5.41, 5.74) is 0.836. The van der Waals surface area contributed by atoms with Gasteiger partial charge in [-0.2, -0.15) is 4.98 Å². The van der Waals surface area contributed by atoms with E-state index in [4.69, 9.17) is 34.5 Å². The number of carbonyl (C=O) groups is 1. The first-order valence-corrected chi connectivity index (χ1v) is 10.5. The highest BCUT2D eigenvalue weighted by Crippen LogP contribution is 2.30. The van der Waals surface area contributed by atoms with Crippen molar-refractivity contribution in [1.29, 1.82) is 0 Å². The summed E-state index contributed by atoms with van der Waals surface area (Å²) in [6.07, 6.45) is 0.892. The fourth-order valence-corrected chi connectivity index (χ4v) is 3.89. The molecule has 1 saturated heterocycles. The molecule has 2 aromatic heterocycles. The predicted octanol–water partition coefficient (Wildman–Crippen LogP) is 4.22. The second-order valence-electron chi connectivity index (χ2n) is 7.12. The van der Waals surface area contributed by atoms with Crippen LogP contribution in [0.4, 0.5) is 15.0 Å². The van der Waals surface area contributed by atoms with Gasteiger partial charge in [-0.25, -0.2) is 25.7 Å². The molecule has 8 nitrogen and oxygen atoms in total. The monoisotopic (exact) mass is 474 g/mol. The van der Waals surface area contributed by atoms with Crippen molar-refractivity contribution in [3.8, 4) is 0 Å². The summed E-state index contributed by atoms with van der Waals surface area (Å²) < 4.78 is 19.9. The Labute approximate surface area is 193 Å². The molecule has 32 heavy (non-hydrogen) atoms. The van der Waals surface area contributed by atoms with E-state index in [1.54, 1.807) is 0 Å². The van der Waals surface area contributed by atoms with Crippen LogP contribution in [0.2, 0.25) is 10.4 Å². The molecule has 11 heteroatoms. The molecule has 3 aromatic rings. The van der Waals surface area contributed by atoms with Crippen molar-refractivity contribution < 1.29 is 13.9 Å². The maximum Gasteiger partial charge on any atom is 0.410 e. The van der Waals surface area contributed by atoms with E-state index in [2.05, 4.69) is 19.8 Å². The maximum absolute atomic E-state index is 14.4. The standard InChI is InChI=1S/C21H17Cl2FN6O2/c1-25-9-14-11-29(7-8-30(14)21(31)32-12-13-5-3-2-4-6-13)19-15-10-26-18(22)16(24)17(15)27-20(23)28-19/h2-6,10,14H,7-9,11-12H2/t14-/m0/s1. The van der Waals surface area contributed by atoms with Gasteiger partial charge in [0.2, 0.25) is 11.8 Å². The van der Waals surface area contributed by atoms with E-state index in [0.29, 0.717) is 24.3 Å². The summed E-state index contributed by atoms with van der Waals surface area (Å²) in [6.45, 7) is 8.47. The van der Waals surface area contributed by atoms with Crippen molar-refractivity contribution in [2.24, 2.45) is 0 Å². The molecule has 1 aromatic carbocycles. The summed E-state index contributed by atoms with van der Waals surface area (Å²) in [5.74, 6) is -0.411. The Morgan fingerprint density at radius 2 is 2.03 bits per heavy atom. The number of carbonyl (C=O) groups excluding carboxylic acids is 1. The smallest absolute Gasteiger partial charge is 0.410 e. The molecule has 1 aliphatic heterocycles. The fraction of sp³-hybridized carbons (Fsp3) is 0.286. The molecule has 0 bridgehead atoms. The first kappa shape index (κ1) is 22.0. The second kappa shape index (κ2) is 9.51. The van der Waals surface area contributed by atoms with Crippen molar-refractivity contribution in [1.82, 2.24) is 19.9 Å². The molecule has 3 heterocycles. The van der Waals surface area contributed by atoms with Crippen molar-refractivity contribution >= 4 is 46.0 Å². The van der Waals surface area contributed by atoms with Gasteiger partial charge in [-0.3, -0.25) is 4.90 Å². The Kier molecular flexibility index (Phi) is 6.53. The van der Waals surface area contributed by atoms with Crippen LogP contribution in [-0.2, 0) is 11.3 Å². The van der Waals surface area contributed by atoms with Gasteiger partial charge in [0.15, 0.2) is 11.0 Å². The zero-order chi connectivity index (χ0) is 22.7. The van der Waals surface area contributed by atoms with Crippen LogP contribution in [0.25, 0.3) is 15.7 Å². The summed E-state index contributed by atoms with van der Waals surface area (Å²) in [5, 5.41) is -0.104. The number of hydrogen-bond donors (Lipinski definition) is 0. The lowest BCUT2D eigenvalue weighted by molar-refractivity contribution is 0.0789. The van der Waals surface area contributed by atoms with E-state index in [9.17, 15) is 9.18 Å². The van der Waals surface area contributed by atoms with Gasteiger partial charge in [0.05, 0.1) is 5.39 Å². The largest absolute Gasteiger partial charge is 0.445 e. The van der Waals surface area contributed by atoms with Crippen molar-refractivity contribution in [2.45, 2.75) is 12.6 Å². The zero-order valence-corrected chi connectivity index (χ0v) is 18.2. The second-order valence-corrected chi connectivity index (χ2v) is 7.81. The summed E-state index contributed by atoms with van der Waals surface area (Å²) in [4.78, 5) is 31.6. The van der Waals surface area contributed by atoms with Crippen LogP contribution < -0.4 is 4.90 Å². The number of pyridine rings is 1. The van der Waals surface area contributed by atoms with Gasteiger partial charge >= 0.3 is 6.09 Å². The topological polar surface area (TPSA) is 75.8 Å². The molecule has 0 aliphatic carbocycles. The van der Waals surface area contributed by atoms with E-state index in [-0.39, 0.29) is 35.6 Å². The maximum atomic E-state index is 14.4. The van der Waals surface area contributed by atoms with Crippen LogP contribution in [0.15, 0.2) is 36.5 Å². The number of ether oxygens (including phenoxy) is 1. The fourth-order valence-electron chi connectivity index (χ4n) is 3.59. The van der Waals surface area contributed by atoms with E-state index in [1.165, 1.54) is 11.1 Å². The van der Waals surface area contributed by atoms with Gasteiger partial charge in [0.25, 0.3) is 0 Å². The molecule has 0 saturated carbocycles. The summed E-state index contributed by atoms with van der Waals surface area (Å²) >= 11 is 11.8. The normalized spacial score (nSPS) is 16.1. The number of nitrogens with zero attached hydrogens (tertiary/aromatic N) is 6. The van der Waals surface area contributed by atoms with Gasteiger partial charge in [-0.05, 0) is 17.2 Å². The van der Waals surface area contributed by atoms with E-state index >= 15 is 0 Å². The summed E-state index contributed by atoms with van der Waals surface area (Å²) in [6, 6.07) is 8.90. The lowest BCUT2D eigenvalue weighted by atomic mass is 10.1. The molecule has 1 amide bonds. The highest BCUT2D eigenvalue weighted by atomic mass is 35.5. The first-order valence-electron chi connectivity index (χ1n) is 9.70. The minimum absolute atomic E-state index is 0.0357. The van der Waals surface area contributed by atoms with Crippen molar-refractivity contribution in [3.63, 3.8) is 0 Å². The van der Waals surface area contributed by atoms with Gasteiger partial charge < -0.3 is 14.5 Å². The predicted molar refractivity (Wildman–Crippen MR) is 118 cm³/mol. The average Bonchev–Trinajstić information content (AvgIpc) is 2.80. The van der Waals surface area contributed by atoms with Crippen LogP contribution in [0.1, 0.15) is 5.56 Å². The van der Waals surface area contributed by atoms with Crippen LogP contribution in [-0.4, -0.2) is 58.2 Å². The first-order chi connectivity index (χ1) is 15.5. The average molecular weight is 475 g/mol. The minimum Gasteiger partial charge on any atom is -0.445 e. The van der Waals surface area contributed by atoms with Gasteiger partial charge in [-0.1, -0.05) is 41.9 Å². The number of anilines is 1. The number of hydrogen-bond acceptors (Lipinski definition) is 6. The molecular formula is C21H17Cl2FN6O2. The Morgan fingerprint density at radius 1 is 1.25 bits per heavy atom. The Hall–Kier alpha value is -3.22. The lowest BCUT2D eigenvalue weighted by Crippen LogP contribution is -2.56. The van der Waals surface area contributed by atoms with Crippen LogP contribution in [0, 0.1) is 12.4 Å². The van der Waals surface area contributed by atoms with Gasteiger partial charge in [0, 0.05) is 25.8 Å². The molecule has 0 radical (unpaired) electrons. The molecule has 1 fully saturated rings. The lowest BCUT2D eigenvalue weighted by Gasteiger charge is -2.39. The summed E-state index contributed by atoms with van der Waals surface area (Å²) in [7, 11) is 0. The highest BCUT2D eigenvalue weighted by Gasteiger charge is 2.35. The third-order valence-corrected chi connectivity index (χ3v) is 5.55. The number of rotatable bonds is 4. The zero-order valence-electron chi connectivity index (χ0n) is 16.7. The van der Waals surface area contributed by atoms with E-state index < -0.39 is 18.0 Å². The van der Waals surface area contributed by atoms with Crippen LogP contribution >= 0.6 is 23.2 Å². The number of benzene rings is 1. The van der Waals surface area contributed by atoms with E-state index in [1.807, 2.05) is 35.2 Å². The number of aromatic nitrogens is 3. The number of piperazine rings is 1. The molecule has 0 spiro atoms. The number of amides is 1. The highest BCUT2D eigenvalue weighted by molar-refractivity contribution is 6.30. The third kappa shape index (κ3) is 4.52. The minimum atomic E-state index is -0.782. The quantitative estimate of drug-likeness (QED) is 0.320. The molecule has 4 rings (SSSR count). The van der Waals surface area contributed by atoms with Crippen molar-refractivity contribution in [2.75, 3.05) is 31.1 Å². The van der Waals surface area contributed by atoms with Crippen LogP contribution in [0.5, 0.6) is 0 Å². The third-order valence-electron chi connectivity index (χ3n) is 5.12. The molecule has 1 atom stereocenters. The van der Waals surface area contributed by atoms with Gasteiger partial charge in [0.1, 0.15) is 24.0 Å². The number of fused-ring (bicyclic) bond motifs is 1. The Bertz CT molecular complexity index is 1190. The Morgan fingerprint density at radius 3 is 2.78 bits per heavy atom. The van der Waals surface area contributed by atoms with Crippen molar-refractivity contribution in [3.05, 3.63) is 69.8 Å². The Balaban J connectivity index is 1.55.